The smallest absolute Gasteiger partial charge is 0.349 e. The zero-order valence-corrected chi connectivity index (χ0v) is 19.2. The Morgan fingerprint density at radius 2 is 1.78 bits per heavy atom. The first-order valence-corrected chi connectivity index (χ1v) is 10.5. The molecule has 0 aliphatic heterocycles. The van der Waals surface area contributed by atoms with E-state index in [1.807, 2.05) is 76.2 Å². The summed E-state index contributed by atoms with van der Waals surface area (Å²) < 4.78 is 2.20. The molecule has 168 valence electrons. The predicted octanol–water partition coefficient (Wildman–Crippen LogP) is 1.66. The van der Waals surface area contributed by atoms with Crippen molar-refractivity contribution in [2.75, 3.05) is 27.2 Å². The molecular formula is C24H29N5O3. The summed E-state index contributed by atoms with van der Waals surface area (Å²) in [7, 11) is 3.78. The molecule has 0 radical (unpaired) electrons. The fraction of sp³-hybridized carbons (Fsp3) is 0.333. The van der Waals surface area contributed by atoms with Crippen molar-refractivity contribution in [3.63, 3.8) is 0 Å². The first kappa shape index (κ1) is 23.1. The second-order valence-electron chi connectivity index (χ2n) is 8.25. The normalized spacial score (nSPS) is 11.1. The van der Waals surface area contributed by atoms with Gasteiger partial charge in [0.05, 0.1) is 12.2 Å². The molecule has 0 saturated heterocycles. The van der Waals surface area contributed by atoms with Crippen molar-refractivity contribution in [1.82, 2.24) is 24.6 Å². The molecule has 0 saturated carbocycles. The molecule has 8 nitrogen and oxygen atoms in total. The van der Waals surface area contributed by atoms with E-state index in [-0.39, 0.29) is 12.2 Å². The lowest BCUT2D eigenvalue weighted by atomic mass is 10.1. The highest BCUT2D eigenvalue weighted by Gasteiger charge is 2.20. The van der Waals surface area contributed by atoms with Gasteiger partial charge in [-0.1, -0.05) is 35.9 Å². The van der Waals surface area contributed by atoms with Crippen LogP contribution in [-0.4, -0.2) is 52.3 Å². The summed E-state index contributed by atoms with van der Waals surface area (Å²) in [6.07, 6.45) is 0. The van der Waals surface area contributed by atoms with E-state index in [4.69, 9.17) is 0 Å². The molecule has 0 fully saturated rings. The minimum Gasteiger partial charge on any atom is -0.349 e. The molecule has 0 atom stereocenters. The third-order valence-electron chi connectivity index (χ3n) is 5.28. The minimum atomic E-state index is -0.709. The highest BCUT2D eigenvalue weighted by Crippen LogP contribution is 2.12. The average Bonchev–Trinajstić information content (AvgIpc) is 2.73. The first-order valence-electron chi connectivity index (χ1n) is 10.5. The molecule has 0 aliphatic rings. The van der Waals surface area contributed by atoms with Crippen LogP contribution in [0.25, 0.3) is 5.69 Å². The van der Waals surface area contributed by atoms with E-state index in [9.17, 15) is 14.4 Å². The third kappa shape index (κ3) is 5.20. The molecule has 1 amide bonds. The maximum absolute atomic E-state index is 13.3. The number of nitrogens with one attached hydrogen (secondary N) is 1. The van der Waals surface area contributed by atoms with Gasteiger partial charge in [-0.25, -0.2) is 4.79 Å². The zero-order chi connectivity index (χ0) is 23.4. The third-order valence-corrected chi connectivity index (χ3v) is 5.28. The number of carbonyl (C=O) groups is 1. The molecule has 8 heteroatoms. The van der Waals surface area contributed by atoms with Gasteiger partial charge < -0.3 is 10.2 Å². The maximum Gasteiger partial charge on any atom is 0.352 e. The SMILES string of the molecule is Cc1cccc(Cn2c(=O)c(C(=O)NCCN(C)C)nn(-c3ccc(C)c(C)c3)c2=O)c1. The first-order chi connectivity index (χ1) is 15.2. The van der Waals surface area contributed by atoms with Crippen molar-refractivity contribution in [3.8, 4) is 5.69 Å². The van der Waals surface area contributed by atoms with Crippen molar-refractivity contribution < 1.29 is 4.79 Å². The largest absolute Gasteiger partial charge is 0.352 e. The van der Waals surface area contributed by atoms with Crippen molar-refractivity contribution in [2.45, 2.75) is 27.3 Å². The predicted molar refractivity (Wildman–Crippen MR) is 125 cm³/mol. The van der Waals surface area contributed by atoms with E-state index >= 15 is 0 Å². The number of nitrogens with zero attached hydrogens (tertiary/aromatic N) is 4. The fourth-order valence-corrected chi connectivity index (χ4v) is 3.29. The van der Waals surface area contributed by atoms with E-state index in [2.05, 4.69) is 10.4 Å². The van der Waals surface area contributed by atoms with Crippen LogP contribution in [0.3, 0.4) is 0 Å². The molecule has 32 heavy (non-hydrogen) atoms. The molecule has 3 rings (SSSR count). The standard InChI is InChI=1S/C24H29N5O3/c1-16-7-6-8-19(13-16)15-28-23(31)21(22(30)25-11-12-27(4)5)26-29(24(28)32)20-10-9-17(2)18(3)14-20/h6-10,13-14H,11-12,15H2,1-5H3,(H,25,30). The highest BCUT2D eigenvalue weighted by atomic mass is 16.2. The zero-order valence-electron chi connectivity index (χ0n) is 19.2. The Labute approximate surface area is 187 Å². The molecule has 1 N–H and O–H groups in total. The Morgan fingerprint density at radius 3 is 2.44 bits per heavy atom. The monoisotopic (exact) mass is 435 g/mol. The van der Waals surface area contributed by atoms with Gasteiger partial charge in [-0.15, -0.1) is 0 Å². The van der Waals surface area contributed by atoms with Gasteiger partial charge in [0.15, 0.2) is 0 Å². The lowest BCUT2D eigenvalue weighted by Crippen LogP contribution is -2.46. The Kier molecular flexibility index (Phi) is 7.05. The van der Waals surface area contributed by atoms with Crippen molar-refractivity contribution in [2.24, 2.45) is 0 Å². The van der Waals surface area contributed by atoms with Crippen LogP contribution in [0.5, 0.6) is 0 Å². The maximum atomic E-state index is 13.3. The van der Waals surface area contributed by atoms with Crippen LogP contribution in [0.2, 0.25) is 0 Å². The molecule has 0 bridgehead atoms. The highest BCUT2D eigenvalue weighted by molar-refractivity contribution is 5.91. The Morgan fingerprint density at radius 1 is 1.03 bits per heavy atom. The average molecular weight is 436 g/mol. The van der Waals surface area contributed by atoms with Crippen molar-refractivity contribution >= 4 is 5.91 Å². The van der Waals surface area contributed by atoms with Crippen LogP contribution in [-0.2, 0) is 6.54 Å². The molecule has 1 heterocycles. The number of likely N-dealkylation sites (N-methyl/N-ethyl adjacent to an activating group) is 1. The Hall–Kier alpha value is -3.52. The number of benzene rings is 2. The van der Waals surface area contributed by atoms with E-state index < -0.39 is 17.2 Å². The van der Waals surface area contributed by atoms with Gasteiger partial charge in [-0.05, 0) is 63.7 Å². The summed E-state index contributed by atoms with van der Waals surface area (Å²) in [5.41, 5.74) is 2.74. The van der Waals surface area contributed by atoms with Gasteiger partial charge >= 0.3 is 5.69 Å². The molecule has 0 unspecified atom stereocenters. The van der Waals surface area contributed by atoms with Gasteiger partial charge in [0, 0.05) is 13.1 Å². The summed E-state index contributed by atoms with van der Waals surface area (Å²) >= 11 is 0. The summed E-state index contributed by atoms with van der Waals surface area (Å²) in [6, 6.07) is 13.0. The number of rotatable bonds is 7. The Bertz CT molecular complexity index is 1260. The number of amides is 1. The molecule has 1 aromatic heterocycles. The minimum absolute atomic E-state index is 0.0463. The van der Waals surface area contributed by atoms with E-state index in [1.54, 1.807) is 6.07 Å². The summed E-state index contributed by atoms with van der Waals surface area (Å²) in [4.78, 5) is 41.1. The van der Waals surface area contributed by atoms with Crippen molar-refractivity contribution in [1.29, 1.82) is 0 Å². The quantitative estimate of drug-likeness (QED) is 0.610. The number of hydrogen-bond acceptors (Lipinski definition) is 5. The number of carbonyl (C=O) groups excluding carboxylic acids is 1. The number of aryl methyl sites for hydroxylation is 3. The summed E-state index contributed by atoms with van der Waals surface area (Å²) in [5.74, 6) is -0.604. The van der Waals surface area contributed by atoms with Gasteiger partial charge in [0.25, 0.3) is 11.5 Å². The van der Waals surface area contributed by atoms with E-state index in [1.165, 1.54) is 0 Å². The van der Waals surface area contributed by atoms with Gasteiger partial charge in [-0.3, -0.25) is 14.2 Å². The lowest BCUT2D eigenvalue weighted by Gasteiger charge is -2.14. The molecule has 3 aromatic rings. The molecule has 0 aliphatic carbocycles. The summed E-state index contributed by atoms with van der Waals surface area (Å²) in [6.45, 7) is 6.85. The van der Waals surface area contributed by atoms with Gasteiger partial charge in [0.1, 0.15) is 0 Å². The molecule has 0 spiro atoms. The van der Waals surface area contributed by atoms with Crippen LogP contribution in [0.4, 0.5) is 0 Å². The van der Waals surface area contributed by atoms with Crippen LogP contribution >= 0.6 is 0 Å². The fourth-order valence-electron chi connectivity index (χ4n) is 3.29. The lowest BCUT2D eigenvalue weighted by molar-refractivity contribution is 0.0941. The topological polar surface area (TPSA) is 89.2 Å². The summed E-state index contributed by atoms with van der Waals surface area (Å²) in [5, 5.41) is 6.89. The van der Waals surface area contributed by atoms with Crippen LogP contribution in [0, 0.1) is 20.8 Å². The van der Waals surface area contributed by atoms with E-state index in [0.29, 0.717) is 18.8 Å². The number of aromatic nitrogens is 3. The van der Waals surface area contributed by atoms with Gasteiger partial charge in [0.2, 0.25) is 5.69 Å². The molecule has 2 aromatic carbocycles. The van der Waals surface area contributed by atoms with E-state index in [0.717, 1.165) is 31.5 Å². The van der Waals surface area contributed by atoms with Crippen LogP contribution < -0.4 is 16.6 Å². The van der Waals surface area contributed by atoms with Gasteiger partial charge in [-0.2, -0.15) is 9.78 Å². The second-order valence-corrected chi connectivity index (χ2v) is 8.25. The molecular weight excluding hydrogens is 406 g/mol. The van der Waals surface area contributed by atoms with Crippen LogP contribution in [0.15, 0.2) is 52.1 Å². The Balaban J connectivity index is 2.14. The number of hydrogen-bond donors (Lipinski definition) is 1. The van der Waals surface area contributed by atoms with Crippen LogP contribution in [0.1, 0.15) is 32.7 Å². The van der Waals surface area contributed by atoms with Crippen molar-refractivity contribution in [3.05, 3.63) is 91.3 Å². The second kappa shape index (κ2) is 9.74.